The number of benzene rings is 1. The van der Waals surface area contributed by atoms with Gasteiger partial charge in [0.05, 0.1) is 29.5 Å². The summed E-state index contributed by atoms with van der Waals surface area (Å²) in [5.74, 6) is -0.226. The number of nitro groups is 1. The summed E-state index contributed by atoms with van der Waals surface area (Å²) in [5.41, 5.74) is 3.48. The van der Waals surface area contributed by atoms with Crippen molar-refractivity contribution in [1.82, 2.24) is 14.9 Å². The highest BCUT2D eigenvalue weighted by Gasteiger charge is 2.22. The molecule has 3 rings (SSSR count). The van der Waals surface area contributed by atoms with Gasteiger partial charge in [-0.15, -0.1) is 0 Å². The lowest BCUT2D eigenvalue weighted by Crippen LogP contribution is -2.16. The number of hydrogen-bond acceptors (Lipinski definition) is 6. The van der Waals surface area contributed by atoms with Crippen LogP contribution >= 0.6 is 0 Å². The van der Waals surface area contributed by atoms with Crippen LogP contribution in [0.2, 0.25) is 0 Å². The summed E-state index contributed by atoms with van der Waals surface area (Å²) in [5, 5.41) is 21.2. The van der Waals surface area contributed by atoms with Gasteiger partial charge < -0.3 is 20.0 Å². The maximum absolute atomic E-state index is 12.6. The lowest BCUT2D eigenvalue weighted by molar-refractivity contribution is -0.389. The standard InChI is InChI=1S/C17H17N5O4/c1-10-4-5-13(8-11(10)2)18-17(23)16-14(12(3)26-20-16)9-21-7-6-15(19-21)22(24)25/h4-8H,9H2,1-3H3,(H,18,23). The molecule has 9 nitrogen and oxygen atoms in total. The van der Waals surface area contributed by atoms with Gasteiger partial charge in [0.1, 0.15) is 5.76 Å². The van der Waals surface area contributed by atoms with E-state index in [4.69, 9.17) is 4.52 Å². The van der Waals surface area contributed by atoms with Gasteiger partial charge in [0.15, 0.2) is 5.69 Å². The molecule has 2 heterocycles. The van der Waals surface area contributed by atoms with Crippen LogP contribution in [0.4, 0.5) is 11.5 Å². The predicted molar refractivity (Wildman–Crippen MR) is 93.1 cm³/mol. The van der Waals surface area contributed by atoms with Crippen LogP contribution in [0.1, 0.15) is 32.9 Å². The van der Waals surface area contributed by atoms with Gasteiger partial charge in [-0.3, -0.25) is 4.79 Å². The van der Waals surface area contributed by atoms with Crippen molar-refractivity contribution < 1.29 is 14.2 Å². The van der Waals surface area contributed by atoms with Gasteiger partial charge in [-0.1, -0.05) is 11.2 Å². The Balaban J connectivity index is 1.82. The molecular weight excluding hydrogens is 338 g/mol. The molecular formula is C17H17N5O4. The lowest BCUT2D eigenvalue weighted by atomic mass is 10.1. The van der Waals surface area contributed by atoms with Gasteiger partial charge in [0.2, 0.25) is 0 Å². The summed E-state index contributed by atoms with van der Waals surface area (Å²) < 4.78 is 6.50. The first-order valence-corrected chi connectivity index (χ1v) is 7.86. The molecule has 1 aromatic carbocycles. The molecule has 0 bridgehead atoms. The minimum Gasteiger partial charge on any atom is -0.361 e. The zero-order valence-electron chi connectivity index (χ0n) is 14.5. The second kappa shape index (κ2) is 6.79. The van der Waals surface area contributed by atoms with E-state index in [1.807, 2.05) is 32.0 Å². The number of nitrogens with zero attached hydrogens (tertiary/aromatic N) is 4. The van der Waals surface area contributed by atoms with E-state index < -0.39 is 10.8 Å². The number of amides is 1. The average Bonchev–Trinajstić information content (AvgIpc) is 3.19. The Hall–Kier alpha value is -3.49. The Kier molecular flexibility index (Phi) is 4.53. The molecule has 0 spiro atoms. The van der Waals surface area contributed by atoms with Crippen LogP contribution in [-0.2, 0) is 6.54 Å². The van der Waals surface area contributed by atoms with Gasteiger partial charge in [0.25, 0.3) is 5.91 Å². The van der Waals surface area contributed by atoms with E-state index in [1.165, 1.54) is 16.9 Å². The molecule has 0 aliphatic heterocycles. The minimum atomic E-state index is -0.579. The van der Waals surface area contributed by atoms with Gasteiger partial charge in [-0.05, 0) is 49.0 Å². The number of hydrogen-bond donors (Lipinski definition) is 1. The van der Waals surface area contributed by atoms with E-state index >= 15 is 0 Å². The molecule has 9 heteroatoms. The summed E-state index contributed by atoms with van der Waals surface area (Å²) in [4.78, 5) is 22.7. The molecule has 2 aromatic heterocycles. The van der Waals surface area contributed by atoms with Gasteiger partial charge in [-0.25, -0.2) is 0 Å². The van der Waals surface area contributed by atoms with Crippen molar-refractivity contribution in [2.75, 3.05) is 5.32 Å². The van der Waals surface area contributed by atoms with Gasteiger partial charge >= 0.3 is 5.82 Å². The van der Waals surface area contributed by atoms with Crippen molar-refractivity contribution >= 4 is 17.4 Å². The van der Waals surface area contributed by atoms with E-state index in [-0.39, 0.29) is 18.1 Å². The summed E-state index contributed by atoms with van der Waals surface area (Å²) in [6.45, 7) is 5.76. The zero-order chi connectivity index (χ0) is 18.8. The van der Waals surface area contributed by atoms with E-state index in [1.54, 1.807) is 6.92 Å². The largest absolute Gasteiger partial charge is 0.389 e. The molecule has 26 heavy (non-hydrogen) atoms. The second-order valence-electron chi connectivity index (χ2n) is 5.95. The first kappa shape index (κ1) is 17.3. The van der Waals surface area contributed by atoms with Crippen LogP contribution in [0.3, 0.4) is 0 Å². The van der Waals surface area contributed by atoms with E-state index in [0.29, 0.717) is 17.0 Å². The highest BCUT2D eigenvalue weighted by atomic mass is 16.6. The molecule has 0 aliphatic rings. The van der Waals surface area contributed by atoms with Crippen molar-refractivity contribution in [2.45, 2.75) is 27.3 Å². The highest BCUT2D eigenvalue weighted by molar-refractivity contribution is 6.03. The number of rotatable bonds is 5. The third-order valence-electron chi connectivity index (χ3n) is 4.10. The molecule has 3 aromatic rings. The molecule has 0 aliphatic carbocycles. The van der Waals surface area contributed by atoms with Crippen molar-refractivity contribution in [2.24, 2.45) is 0 Å². The molecule has 0 saturated heterocycles. The van der Waals surface area contributed by atoms with E-state index in [0.717, 1.165) is 11.1 Å². The van der Waals surface area contributed by atoms with Crippen LogP contribution in [0.25, 0.3) is 0 Å². The van der Waals surface area contributed by atoms with Crippen molar-refractivity contribution in [3.05, 3.63) is 68.7 Å². The SMILES string of the molecule is Cc1ccc(NC(=O)c2noc(C)c2Cn2ccc([N+](=O)[O-])n2)cc1C. The average molecular weight is 355 g/mol. The Labute approximate surface area is 148 Å². The third kappa shape index (κ3) is 3.46. The summed E-state index contributed by atoms with van der Waals surface area (Å²) in [7, 11) is 0. The zero-order valence-corrected chi connectivity index (χ0v) is 14.5. The topological polar surface area (TPSA) is 116 Å². The maximum atomic E-state index is 12.6. The first-order chi connectivity index (χ1) is 12.3. The predicted octanol–water partition coefficient (Wildman–Crippen LogP) is 3.01. The normalized spacial score (nSPS) is 10.7. The van der Waals surface area contributed by atoms with Crippen LogP contribution in [-0.4, -0.2) is 25.8 Å². The van der Waals surface area contributed by atoms with E-state index in [9.17, 15) is 14.9 Å². The number of carbonyl (C=O) groups is 1. The van der Waals surface area contributed by atoms with Crippen LogP contribution in [0.5, 0.6) is 0 Å². The Morgan fingerprint density at radius 3 is 2.69 bits per heavy atom. The fourth-order valence-corrected chi connectivity index (χ4v) is 2.46. The van der Waals surface area contributed by atoms with Crippen molar-refractivity contribution in [3.8, 4) is 0 Å². The quantitative estimate of drug-likeness (QED) is 0.555. The highest BCUT2D eigenvalue weighted by Crippen LogP contribution is 2.19. The number of aryl methyl sites for hydroxylation is 3. The van der Waals surface area contributed by atoms with Crippen molar-refractivity contribution in [3.63, 3.8) is 0 Å². The molecule has 0 atom stereocenters. The Bertz CT molecular complexity index is 989. The number of anilines is 1. The monoisotopic (exact) mass is 355 g/mol. The van der Waals surface area contributed by atoms with Crippen LogP contribution < -0.4 is 5.32 Å². The summed E-state index contributed by atoms with van der Waals surface area (Å²) in [6.07, 6.45) is 1.47. The van der Waals surface area contributed by atoms with Crippen LogP contribution in [0, 0.1) is 30.9 Å². The fourth-order valence-electron chi connectivity index (χ4n) is 2.46. The molecule has 0 radical (unpaired) electrons. The lowest BCUT2D eigenvalue weighted by Gasteiger charge is -2.07. The van der Waals surface area contributed by atoms with Crippen LogP contribution in [0.15, 0.2) is 35.0 Å². The molecule has 1 amide bonds. The van der Waals surface area contributed by atoms with E-state index in [2.05, 4.69) is 15.6 Å². The first-order valence-electron chi connectivity index (χ1n) is 7.86. The van der Waals surface area contributed by atoms with Crippen molar-refractivity contribution in [1.29, 1.82) is 0 Å². The maximum Gasteiger partial charge on any atom is 0.389 e. The summed E-state index contributed by atoms with van der Waals surface area (Å²) in [6, 6.07) is 6.89. The number of nitrogens with one attached hydrogen (secondary N) is 1. The van der Waals surface area contributed by atoms with Gasteiger partial charge in [-0.2, -0.15) is 4.68 Å². The molecule has 0 unspecified atom stereocenters. The molecule has 1 N–H and O–H groups in total. The van der Waals surface area contributed by atoms with Gasteiger partial charge in [0, 0.05) is 5.69 Å². The number of carbonyl (C=O) groups excluding carboxylic acids is 1. The molecule has 0 saturated carbocycles. The minimum absolute atomic E-state index is 0.124. The number of aromatic nitrogens is 3. The smallest absolute Gasteiger partial charge is 0.361 e. The molecule has 134 valence electrons. The molecule has 0 fully saturated rings. The summed E-state index contributed by atoms with van der Waals surface area (Å²) >= 11 is 0. The Morgan fingerprint density at radius 2 is 2.04 bits per heavy atom. The fraction of sp³-hybridized carbons (Fsp3) is 0.235. The Morgan fingerprint density at radius 1 is 1.27 bits per heavy atom. The third-order valence-corrected chi connectivity index (χ3v) is 4.10. The second-order valence-corrected chi connectivity index (χ2v) is 5.95.